The zero-order valence-corrected chi connectivity index (χ0v) is 11.4. The zero-order valence-electron chi connectivity index (χ0n) is 11.4. The second-order valence-electron chi connectivity index (χ2n) is 4.66. The minimum atomic E-state index is -0.0474. The molecule has 0 bridgehead atoms. The van der Waals surface area contributed by atoms with E-state index in [4.69, 9.17) is 5.73 Å². The van der Waals surface area contributed by atoms with Crippen LogP contribution in [0, 0.1) is 6.92 Å². The van der Waals surface area contributed by atoms with Gasteiger partial charge in [-0.15, -0.1) is 0 Å². The van der Waals surface area contributed by atoms with Gasteiger partial charge in [0.05, 0.1) is 11.3 Å². The van der Waals surface area contributed by atoms with Crippen LogP contribution < -0.4 is 5.73 Å². The van der Waals surface area contributed by atoms with Gasteiger partial charge in [-0.1, -0.05) is 18.2 Å². The van der Waals surface area contributed by atoms with Gasteiger partial charge >= 0.3 is 0 Å². The van der Waals surface area contributed by atoms with Crippen molar-refractivity contribution in [3.05, 3.63) is 47.3 Å². The SMILES string of the molecule is Cc1nn(C)cc1C(=O)N(C)Cc1ccccc1N. The normalized spacial score (nSPS) is 10.5. The van der Waals surface area contributed by atoms with Gasteiger partial charge in [-0.3, -0.25) is 9.48 Å². The van der Waals surface area contributed by atoms with Crippen molar-refractivity contribution in [2.24, 2.45) is 7.05 Å². The Balaban J connectivity index is 2.16. The van der Waals surface area contributed by atoms with Crippen LogP contribution in [0.1, 0.15) is 21.6 Å². The summed E-state index contributed by atoms with van der Waals surface area (Å²) in [6, 6.07) is 7.56. The summed E-state index contributed by atoms with van der Waals surface area (Å²) in [7, 11) is 3.57. The third kappa shape index (κ3) is 2.76. The summed E-state index contributed by atoms with van der Waals surface area (Å²) in [5.41, 5.74) is 8.89. The molecular weight excluding hydrogens is 240 g/mol. The van der Waals surface area contributed by atoms with Crippen molar-refractivity contribution < 1.29 is 4.79 Å². The highest BCUT2D eigenvalue weighted by molar-refractivity contribution is 5.94. The van der Waals surface area contributed by atoms with Crippen molar-refractivity contribution in [3.63, 3.8) is 0 Å². The molecule has 100 valence electrons. The standard InChI is InChI=1S/C14H18N4O/c1-10-12(9-18(3)16-10)14(19)17(2)8-11-6-4-5-7-13(11)15/h4-7,9H,8,15H2,1-3H3. The minimum Gasteiger partial charge on any atom is -0.398 e. The van der Waals surface area contributed by atoms with Gasteiger partial charge in [-0.25, -0.2) is 0 Å². The third-order valence-corrected chi connectivity index (χ3v) is 3.05. The lowest BCUT2D eigenvalue weighted by Crippen LogP contribution is -2.26. The van der Waals surface area contributed by atoms with E-state index in [1.54, 1.807) is 29.9 Å². The van der Waals surface area contributed by atoms with Crippen LogP contribution in [0.2, 0.25) is 0 Å². The number of benzene rings is 1. The molecule has 1 amide bonds. The molecule has 2 rings (SSSR count). The lowest BCUT2D eigenvalue weighted by Gasteiger charge is -2.17. The number of aromatic nitrogens is 2. The van der Waals surface area contributed by atoms with Crippen LogP contribution in [0.15, 0.2) is 30.5 Å². The fraction of sp³-hybridized carbons (Fsp3) is 0.286. The molecule has 1 aromatic carbocycles. The molecule has 0 aliphatic rings. The molecule has 5 nitrogen and oxygen atoms in total. The molecule has 0 unspecified atom stereocenters. The van der Waals surface area contributed by atoms with E-state index in [1.807, 2.05) is 31.2 Å². The summed E-state index contributed by atoms with van der Waals surface area (Å²) in [5, 5.41) is 4.18. The van der Waals surface area contributed by atoms with Gasteiger partial charge in [0.1, 0.15) is 0 Å². The quantitative estimate of drug-likeness (QED) is 0.850. The van der Waals surface area contributed by atoms with Crippen LogP contribution in [0.25, 0.3) is 0 Å². The Morgan fingerprint density at radius 1 is 1.42 bits per heavy atom. The van der Waals surface area contributed by atoms with E-state index in [1.165, 1.54) is 0 Å². The highest BCUT2D eigenvalue weighted by Gasteiger charge is 2.17. The van der Waals surface area contributed by atoms with Gasteiger partial charge in [0.2, 0.25) is 0 Å². The minimum absolute atomic E-state index is 0.0474. The Morgan fingerprint density at radius 2 is 2.11 bits per heavy atom. The van der Waals surface area contributed by atoms with E-state index in [0.717, 1.165) is 11.3 Å². The first-order valence-electron chi connectivity index (χ1n) is 6.08. The van der Waals surface area contributed by atoms with Crippen LogP contribution in [-0.2, 0) is 13.6 Å². The largest absolute Gasteiger partial charge is 0.398 e. The van der Waals surface area contributed by atoms with Gasteiger partial charge in [0.15, 0.2) is 0 Å². The average molecular weight is 258 g/mol. The maximum absolute atomic E-state index is 12.3. The van der Waals surface area contributed by atoms with E-state index in [2.05, 4.69) is 5.10 Å². The lowest BCUT2D eigenvalue weighted by molar-refractivity contribution is 0.0784. The molecule has 0 fully saturated rings. The van der Waals surface area contributed by atoms with Crippen LogP contribution in [0.5, 0.6) is 0 Å². The van der Waals surface area contributed by atoms with Gasteiger partial charge < -0.3 is 10.6 Å². The van der Waals surface area contributed by atoms with Gasteiger partial charge in [-0.05, 0) is 18.6 Å². The number of carbonyl (C=O) groups excluding carboxylic acids is 1. The summed E-state index contributed by atoms with van der Waals surface area (Å²) >= 11 is 0. The van der Waals surface area contributed by atoms with Crippen LogP contribution >= 0.6 is 0 Å². The third-order valence-electron chi connectivity index (χ3n) is 3.05. The number of hydrogen-bond acceptors (Lipinski definition) is 3. The summed E-state index contributed by atoms with van der Waals surface area (Å²) in [6.07, 6.45) is 1.74. The number of rotatable bonds is 3. The Labute approximate surface area is 112 Å². The van der Waals surface area contributed by atoms with Crippen molar-refractivity contribution in [2.75, 3.05) is 12.8 Å². The van der Waals surface area contributed by atoms with Crippen molar-refractivity contribution >= 4 is 11.6 Å². The van der Waals surface area contributed by atoms with Gasteiger partial charge in [0.25, 0.3) is 5.91 Å². The number of aryl methyl sites for hydroxylation is 2. The summed E-state index contributed by atoms with van der Waals surface area (Å²) < 4.78 is 1.65. The Bertz CT molecular complexity index is 603. The highest BCUT2D eigenvalue weighted by Crippen LogP contribution is 2.15. The fourth-order valence-electron chi connectivity index (χ4n) is 2.02. The first-order chi connectivity index (χ1) is 8.99. The van der Waals surface area contributed by atoms with Crippen molar-refractivity contribution in [1.29, 1.82) is 0 Å². The Kier molecular flexibility index (Phi) is 3.55. The molecule has 2 aromatic rings. The number of nitrogens with two attached hydrogens (primary N) is 1. The van der Waals surface area contributed by atoms with Crippen molar-refractivity contribution in [3.8, 4) is 0 Å². The first-order valence-corrected chi connectivity index (χ1v) is 6.08. The number of anilines is 1. The van der Waals surface area contributed by atoms with Crippen LogP contribution in [0.3, 0.4) is 0 Å². The molecule has 0 saturated heterocycles. The molecular formula is C14H18N4O. The first kappa shape index (κ1) is 13.1. The van der Waals surface area contributed by atoms with E-state index >= 15 is 0 Å². The number of para-hydroxylation sites is 1. The molecule has 0 aliphatic heterocycles. The molecule has 0 spiro atoms. The van der Waals surface area contributed by atoms with Gasteiger partial charge in [0, 0.05) is 32.5 Å². The molecule has 0 aliphatic carbocycles. The van der Waals surface area contributed by atoms with Crippen LogP contribution in [-0.4, -0.2) is 27.6 Å². The van der Waals surface area contributed by atoms with E-state index < -0.39 is 0 Å². The smallest absolute Gasteiger partial charge is 0.257 e. The van der Waals surface area contributed by atoms with E-state index in [0.29, 0.717) is 17.8 Å². The van der Waals surface area contributed by atoms with Crippen LogP contribution in [0.4, 0.5) is 5.69 Å². The van der Waals surface area contributed by atoms with E-state index in [-0.39, 0.29) is 5.91 Å². The van der Waals surface area contributed by atoms with Crippen molar-refractivity contribution in [2.45, 2.75) is 13.5 Å². The summed E-state index contributed by atoms with van der Waals surface area (Å²) in [5.74, 6) is -0.0474. The zero-order chi connectivity index (χ0) is 14.0. The predicted octanol–water partition coefficient (Wildman–Crippen LogP) is 1.58. The molecule has 1 heterocycles. The second kappa shape index (κ2) is 5.14. The second-order valence-corrected chi connectivity index (χ2v) is 4.66. The van der Waals surface area contributed by atoms with Crippen molar-refractivity contribution in [1.82, 2.24) is 14.7 Å². The maximum Gasteiger partial charge on any atom is 0.257 e. The topological polar surface area (TPSA) is 64.2 Å². The Morgan fingerprint density at radius 3 is 2.68 bits per heavy atom. The number of hydrogen-bond donors (Lipinski definition) is 1. The van der Waals surface area contributed by atoms with Gasteiger partial charge in [-0.2, -0.15) is 5.10 Å². The number of carbonyl (C=O) groups is 1. The Hall–Kier alpha value is -2.30. The lowest BCUT2D eigenvalue weighted by atomic mass is 10.1. The number of nitrogen functional groups attached to an aromatic ring is 1. The molecule has 0 atom stereocenters. The molecule has 5 heteroatoms. The number of amides is 1. The molecule has 0 radical (unpaired) electrons. The highest BCUT2D eigenvalue weighted by atomic mass is 16.2. The molecule has 0 saturated carbocycles. The van der Waals surface area contributed by atoms with E-state index in [9.17, 15) is 4.79 Å². The fourth-order valence-corrected chi connectivity index (χ4v) is 2.02. The summed E-state index contributed by atoms with van der Waals surface area (Å²) in [6.45, 7) is 2.32. The number of nitrogens with zero attached hydrogens (tertiary/aromatic N) is 3. The maximum atomic E-state index is 12.3. The monoisotopic (exact) mass is 258 g/mol. The molecule has 2 N–H and O–H groups in total. The summed E-state index contributed by atoms with van der Waals surface area (Å²) in [4.78, 5) is 14.0. The molecule has 19 heavy (non-hydrogen) atoms. The predicted molar refractivity (Wildman–Crippen MR) is 74.6 cm³/mol. The molecule has 1 aromatic heterocycles. The average Bonchev–Trinajstić information content (AvgIpc) is 2.70.